The van der Waals surface area contributed by atoms with Crippen LogP contribution in [-0.2, 0) is 11.3 Å². The zero-order chi connectivity index (χ0) is 14.0. The predicted molar refractivity (Wildman–Crippen MR) is 78.6 cm³/mol. The van der Waals surface area contributed by atoms with E-state index in [0.29, 0.717) is 22.6 Å². The van der Waals surface area contributed by atoms with Crippen LogP contribution in [0.2, 0.25) is 10.0 Å². The lowest BCUT2D eigenvalue weighted by atomic mass is 10.2. The van der Waals surface area contributed by atoms with E-state index in [0.717, 1.165) is 18.4 Å². The Morgan fingerprint density at radius 1 is 1.37 bits per heavy atom. The highest BCUT2D eigenvalue weighted by atomic mass is 35.5. The van der Waals surface area contributed by atoms with Crippen molar-refractivity contribution in [2.75, 3.05) is 7.05 Å². The molecule has 1 aliphatic rings. The molecule has 1 unspecified atom stereocenters. The van der Waals surface area contributed by atoms with Crippen molar-refractivity contribution in [3.05, 3.63) is 33.8 Å². The third-order valence-electron chi connectivity index (χ3n) is 3.32. The van der Waals surface area contributed by atoms with E-state index < -0.39 is 0 Å². The largest absolute Gasteiger partial charge is 0.352 e. The van der Waals surface area contributed by atoms with Gasteiger partial charge in [0.2, 0.25) is 5.91 Å². The molecule has 0 radical (unpaired) electrons. The van der Waals surface area contributed by atoms with Crippen LogP contribution >= 0.6 is 23.2 Å². The minimum absolute atomic E-state index is 0.0816. The highest BCUT2D eigenvalue weighted by molar-refractivity contribution is 6.34. The van der Waals surface area contributed by atoms with E-state index in [9.17, 15) is 4.79 Å². The third kappa shape index (κ3) is 4.37. The highest BCUT2D eigenvalue weighted by Gasteiger charge is 2.27. The normalized spacial score (nSPS) is 16.5. The first-order valence-electron chi connectivity index (χ1n) is 6.41. The molecule has 1 fully saturated rings. The summed E-state index contributed by atoms with van der Waals surface area (Å²) in [5.41, 5.74) is 1.01. The quantitative estimate of drug-likeness (QED) is 0.906. The van der Waals surface area contributed by atoms with Crippen LogP contribution in [0.15, 0.2) is 18.2 Å². The minimum Gasteiger partial charge on any atom is -0.352 e. The van der Waals surface area contributed by atoms with Crippen molar-refractivity contribution < 1.29 is 4.79 Å². The Labute approximate surface area is 123 Å². The molecule has 5 heteroatoms. The van der Waals surface area contributed by atoms with Gasteiger partial charge in [0.25, 0.3) is 0 Å². The molecule has 0 spiro atoms. The molecule has 19 heavy (non-hydrogen) atoms. The molecule has 1 aliphatic carbocycles. The number of hydrogen-bond donors (Lipinski definition) is 1. The number of carbonyl (C=O) groups excluding carboxylic acids is 1. The van der Waals surface area contributed by atoms with Gasteiger partial charge >= 0.3 is 0 Å². The number of nitrogens with one attached hydrogen (secondary N) is 1. The Morgan fingerprint density at radius 2 is 1.95 bits per heavy atom. The van der Waals surface area contributed by atoms with Crippen LogP contribution < -0.4 is 5.32 Å². The average Bonchev–Trinajstić information content (AvgIpc) is 3.10. The van der Waals surface area contributed by atoms with Gasteiger partial charge in [-0.05, 0) is 50.6 Å². The second-order valence-corrected chi connectivity index (χ2v) is 6.02. The van der Waals surface area contributed by atoms with E-state index in [1.807, 2.05) is 31.0 Å². The van der Waals surface area contributed by atoms with Crippen LogP contribution in [0.5, 0.6) is 0 Å². The van der Waals surface area contributed by atoms with Crippen LogP contribution in [0.1, 0.15) is 25.3 Å². The molecule has 1 amide bonds. The maximum Gasteiger partial charge on any atom is 0.237 e. The number of halogens is 2. The fourth-order valence-corrected chi connectivity index (χ4v) is 2.45. The van der Waals surface area contributed by atoms with Gasteiger partial charge in [-0.2, -0.15) is 0 Å². The number of carbonyl (C=O) groups is 1. The molecule has 2 rings (SSSR count). The second kappa shape index (κ2) is 6.12. The van der Waals surface area contributed by atoms with E-state index in [4.69, 9.17) is 23.2 Å². The topological polar surface area (TPSA) is 32.3 Å². The Morgan fingerprint density at radius 3 is 2.47 bits per heavy atom. The highest BCUT2D eigenvalue weighted by Crippen LogP contribution is 2.21. The Balaban J connectivity index is 1.94. The molecular weight excluding hydrogens is 283 g/mol. The van der Waals surface area contributed by atoms with Crippen molar-refractivity contribution in [1.29, 1.82) is 0 Å². The summed E-state index contributed by atoms with van der Waals surface area (Å²) < 4.78 is 0. The molecule has 0 aliphatic heterocycles. The molecule has 104 valence electrons. The van der Waals surface area contributed by atoms with Gasteiger partial charge in [-0.15, -0.1) is 0 Å². The first-order valence-corrected chi connectivity index (χ1v) is 7.17. The summed E-state index contributed by atoms with van der Waals surface area (Å²) in [4.78, 5) is 13.9. The van der Waals surface area contributed by atoms with Crippen molar-refractivity contribution >= 4 is 29.1 Å². The maximum absolute atomic E-state index is 12.0. The van der Waals surface area contributed by atoms with Crippen LogP contribution in [-0.4, -0.2) is 29.9 Å². The van der Waals surface area contributed by atoms with Gasteiger partial charge in [-0.3, -0.25) is 9.69 Å². The molecule has 0 saturated heterocycles. The fourth-order valence-electron chi connectivity index (χ4n) is 1.88. The SMILES string of the molecule is CC(C(=O)NC1CC1)N(C)Cc1cc(Cl)cc(Cl)c1. The van der Waals surface area contributed by atoms with E-state index in [-0.39, 0.29) is 11.9 Å². The molecule has 0 heterocycles. The number of amides is 1. The van der Waals surface area contributed by atoms with Gasteiger partial charge in [-0.1, -0.05) is 23.2 Å². The van der Waals surface area contributed by atoms with Gasteiger partial charge in [-0.25, -0.2) is 0 Å². The number of nitrogens with zero attached hydrogens (tertiary/aromatic N) is 1. The summed E-state index contributed by atoms with van der Waals surface area (Å²) in [5.74, 6) is 0.0816. The monoisotopic (exact) mass is 300 g/mol. The van der Waals surface area contributed by atoms with E-state index >= 15 is 0 Å². The van der Waals surface area contributed by atoms with Crippen molar-refractivity contribution in [3.63, 3.8) is 0 Å². The minimum atomic E-state index is -0.168. The molecule has 0 aromatic heterocycles. The molecule has 1 saturated carbocycles. The van der Waals surface area contributed by atoms with Crippen molar-refractivity contribution in [3.8, 4) is 0 Å². The maximum atomic E-state index is 12.0. The summed E-state index contributed by atoms with van der Waals surface area (Å²) in [6.07, 6.45) is 2.21. The van der Waals surface area contributed by atoms with Crippen molar-refractivity contribution in [1.82, 2.24) is 10.2 Å². The van der Waals surface area contributed by atoms with Crippen molar-refractivity contribution in [2.45, 2.75) is 38.4 Å². The number of likely N-dealkylation sites (N-methyl/N-ethyl adjacent to an activating group) is 1. The van der Waals surface area contributed by atoms with Crippen LogP contribution in [0.25, 0.3) is 0 Å². The fraction of sp³-hybridized carbons (Fsp3) is 0.500. The molecule has 0 bridgehead atoms. The van der Waals surface area contributed by atoms with Gasteiger partial charge in [0.15, 0.2) is 0 Å². The zero-order valence-corrected chi connectivity index (χ0v) is 12.6. The number of benzene rings is 1. The Kier molecular flexibility index (Phi) is 4.71. The Hall–Kier alpha value is -0.770. The first-order chi connectivity index (χ1) is 8.95. The molecule has 1 atom stereocenters. The summed E-state index contributed by atoms with van der Waals surface area (Å²) in [6, 6.07) is 5.67. The first kappa shape index (κ1) is 14.6. The van der Waals surface area contributed by atoms with E-state index in [1.165, 1.54) is 0 Å². The van der Waals surface area contributed by atoms with Gasteiger partial charge < -0.3 is 5.32 Å². The molecule has 1 N–H and O–H groups in total. The van der Waals surface area contributed by atoms with Gasteiger partial charge in [0.05, 0.1) is 6.04 Å². The lowest BCUT2D eigenvalue weighted by molar-refractivity contribution is -0.125. The van der Waals surface area contributed by atoms with Gasteiger partial charge in [0.1, 0.15) is 0 Å². The summed E-state index contributed by atoms with van der Waals surface area (Å²) >= 11 is 11.9. The lowest BCUT2D eigenvalue weighted by Crippen LogP contribution is -2.43. The summed E-state index contributed by atoms with van der Waals surface area (Å²) in [7, 11) is 1.92. The second-order valence-electron chi connectivity index (χ2n) is 5.15. The number of rotatable bonds is 5. The number of hydrogen-bond acceptors (Lipinski definition) is 2. The molecular formula is C14H18Cl2N2O. The van der Waals surface area contributed by atoms with Crippen LogP contribution in [0, 0.1) is 0 Å². The summed E-state index contributed by atoms with van der Waals surface area (Å²) in [6.45, 7) is 2.55. The molecule has 3 nitrogen and oxygen atoms in total. The van der Waals surface area contributed by atoms with Gasteiger partial charge in [0, 0.05) is 22.6 Å². The average molecular weight is 301 g/mol. The van der Waals surface area contributed by atoms with Crippen LogP contribution in [0.4, 0.5) is 0 Å². The lowest BCUT2D eigenvalue weighted by Gasteiger charge is -2.24. The standard InChI is InChI=1S/C14H18Cl2N2O/c1-9(14(19)17-13-3-4-13)18(2)8-10-5-11(15)7-12(16)6-10/h5-7,9,13H,3-4,8H2,1-2H3,(H,17,19). The summed E-state index contributed by atoms with van der Waals surface area (Å²) in [5, 5.41) is 4.24. The van der Waals surface area contributed by atoms with Crippen molar-refractivity contribution in [2.24, 2.45) is 0 Å². The predicted octanol–water partition coefficient (Wildman–Crippen LogP) is 3.09. The zero-order valence-electron chi connectivity index (χ0n) is 11.1. The van der Waals surface area contributed by atoms with Crippen LogP contribution in [0.3, 0.4) is 0 Å². The smallest absolute Gasteiger partial charge is 0.237 e. The van der Waals surface area contributed by atoms with E-state index in [1.54, 1.807) is 6.07 Å². The third-order valence-corrected chi connectivity index (χ3v) is 3.76. The van der Waals surface area contributed by atoms with E-state index in [2.05, 4.69) is 5.32 Å². The Bertz CT molecular complexity index is 454. The molecule has 1 aromatic carbocycles. The molecule has 1 aromatic rings.